The van der Waals surface area contributed by atoms with Crippen molar-refractivity contribution in [1.82, 2.24) is 5.32 Å². The Morgan fingerprint density at radius 3 is 2.67 bits per heavy atom. The summed E-state index contributed by atoms with van der Waals surface area (Å²) in [5, 5.41) is 3.58. The zero-order valence-corrected chi connectivity index (χ0v) is 13.7. The molecule has 0 bridgehead atoms. The Labute approximate surface area is 136 Å². The summed E-state index contributed by atoms with van der Waals surface area (Å²) >= 11 is 0. The van der Waals surface area contributed by atoms with Crippen molar-refractivity contribution in [3.05, 3.63) is 64.7 Å². The molecule has 2 aromatic rings. The predicted octanol–water partition coefficient (Wildman–Crippen LogP) is 3.48. The number of hydrogen-bond donors (Lipinski definition) is 1. The fourth-order valence-electron chi connectivity index (χ4n) is 3.47. The summed E-state index contributed by atoms with van der Waals surface area (Å²) < 4.78 is 5.91. The molecular formula is C18H20BrNO. The lowest BCUT2D eigenvalue weighted by molar-refractivity contribution is 0.352. The van der Waals surface area contributed by atoms with Crippen LogP contribution < -0.4 is 10.1 Å². The highest BCUT2D eigenvalue weighted by atomic mass is 79.9. The minimum absolute atomic E-state index is 0. The molecule has 0 saturated carbocycles. The van der Waals surface area contributed by atoms with E-state index in [0.29, 0.717) is 5.92 Å². The van der Waals surface area contributed by atoms with Crippen LogP contribution in [0.4, 0.5) is 0 Å². The Morgan fingerprint density at radius 1 is 0.905 bits per heavy atom. The third kappa shape index (κ3) is 2.60. The van der Waals surface area contributed by atoms with E-state index < -0.39 is 0 Å². The lowest BCUT2D eigenvalue weighted by Crippen LogP contribution is -2.21. The van der Waals surface area contributed by atoms with E-state index in [2.05, 4.69) is 47.8 Å². The standard InChI is InChI=1S/C18H19NO.BrH/c1-2-6-15-13(4-1)8-10-19-12-17(15)16-7-3-5-14-9-11-20-18(14)16;/h1-7,17,19H,8-12H2;1H. The fraction of sp³-hybridized carbons (Fsp3) is 0.333. The number of halogens is 1. The molecule has 2 aromatic carbocycles. The zero-order valence-electron chi connectivity index (χ0n) is 12.0. The van der Waals surface area contributed by atoms with Crippen LogP contribution >= 0.6 is 17.0 Å². The first-order valence-electron chi connectivity index (χ1n) is 7.46. The molecule has 110 valence electrons. The number of rotatable bonds is 1. The van der Waals surface area contributed by atoms with E-state index in [9.17, 15) is 0 Å². The minimum Gasteiger partial charge on any atom is -0.493 e. The molecule has 0 aromatic heterocycles. The lowest BCUT2D eigenvalue weighted by Gasteiger charge is -2.20. The van der Waals surface area contributed by atoms with Gasteiger partial charge in [0.05, 0.1) is 6.61 Å². The summed E-state index contributed by atoms with van der Waals surface area (Å²) in [7, 11) is 0. The van der Waals surface area contributed by atoms with Gasteiger partial charge >= 0.3 is 0 Å². The van der Waals surface area contributed by atoms with Gasteiger partial charge < -0.3 is 10.1 Å². The van der Waals surface area contributed by atoms with Gasteiger partial charge in [0.2, 0.25) is 0 Å². The van der Waals surface area contributed by atoms with Crippen molar-refractivity contribution >= 4 is 17.0 Å². The Balaban J connectivity index is 0.00000132. The summed E-state index contributed by atoms with van der Waals surface area (Å²) in [6, 6.07) is 15.5. The van der Waals surface area contributed by atoms with Crippen LogP contribution in [0.25, 0.3) is 0 Å². The second kappa shape index (κ2) is 6.20. The van der Waals surface area contributed by atoms with E-state index in [4.69, 9.17) is 4.74 Å². The first-order valence-corrected chi connectivity index (χ1v) is 7.46. The van der Waals surface area contributed by atoms with Crippen LogP contribution in [0.5, 0.6) is 5.75 Å². The van der Waals surface area contributed by atoms with Crippen LogP contribution in [-0.4, -0.2) is 19.7 Å². The summed E-state index contributed by atoms with van der Waals surface area (Å²) in [5.41, 5.74) is 5.64. The van der Waals surface area contributed by atoms with Crippen LogP contribution in [0, 0.1) is 0 Å². The van der Waals surface area contributed by atoms with Gasteiger partial charge in [0.15, 0.2) is 0 Å². The topological polar surface area (TPSA) is 21.3 Å². The van der Waals surface area contributed by atoms with Gasteiger partial charge in [-0.2, -0.15) is 0 Å². The van der Waals surface area contributed by atoms with Crippen molar-refractivity contribution in [2.45, 2.75) is 18.8 Å². The van der Waals surface area contributed by atoms with E-state index >= 15 is 0 Å². The van der Waals surface area contributed by atoms with E-state index in [0.717, 1.165) is 38.3 Å². The van der Waals surface area contributed by atoms with Crippen molar-refractivity contribution < 1.29 is 4.74 Å². The van der Waals surface area contributed by atoms with Crippen LogP contribution in [0.2, 0.25) is 0 Å². The third-order valence-corrected chi connectivity index (χ3v) is 4.47. The molecule has 2 aliphatic rings. The molecule has 1 unspecified atom stereocenters. The summed E-state index contributed by atoms with van der Waals surface area (Å²) in [6.07, 6.45) is 2.16. The van der Waals surface area contributed by atoms with Crippen molar-refractivity contribution in [2.24, 2.45) is 0 Å². The molecule has 0 saturated heterocycles. The average Bonchev–Trinajstić information content (AvgIpc) is 2.87. The van der Waals surface area contributed by atoms with Crippen molar-refractivity contribution in [1.29, 1.82) is 0 Å². The number of hydrogen-bond acceptors (Lipinski definition) is 2. The molecule has 1 N–H and O–H groups in total. The number of benzene rings is 2. The van der Waals surface area contributed by atoms with Crippen LogP contribution in [0.15, 0.2) is 42.5 Å². The molecule has 2 nitrogen and oxygen atoms in total. The normalized spacial score (nSPS) is 19.7. The Kier molecular flexibility index (Phi) is 4.32. The largest absolute Gasteiger partial charge is 0.493 e. The van der Waals surface area contributed by atoms with Crippen molar-refractivity contribution in [3.8, 4) is 5.75 Å². The maximum atomic E-state index is 5.91. The first kappa shape index (κ1) is 14.6. The van der Waals surface area contributed by atoms with Crippen LogP contribution in [0.3, 0.4) is 0 Å². The molecule has 21 heavy (non-hydrogen) atoms. The number of nitrogens with one attached hydrogen (secondary N) is 1. The maximum Gasteiger partial charge on any atom is 0.126 e. The van der Waals surface area contributed by atoms with Gasteiger partial charge in [0, 0.05) is 24.4 Å². The zero-order chi connectivity index (χ0) is 13.4. The summed E-state index contributed by atoms with van der Waals surface area (Å²) in [6.45, 7) is 2.88. The molecule has 0 aliphatic carbocycles. The van der Waals surface area contributed by atoms with Gasteiger partial charge in [0.1, 0.15) is 5.75 Å². The molecule has 1 atom stereocenters. The molecule has 3 heteroatoms. The van der Waals surface area contributed by atoms with E-state index in [-0.39, 0.29) is 17.0 Å². The van der Waals surface area contributed by atoms with Crippen LogP contribution in [-0.2, 0) is 12.8 Å². The molecule has 0 radical (unpaired) electrons. The summed E-state index contributed by atoms with van der Waals surface area (Å²) in [5.74, 6) is 1.54. The molecule has 2 aliphatic heterocycles. The lowest BCUT2D eigenvalue weighted by atomic mass is 9.87. The molecule has 0 amide bonds. The van der Waals surface area contributed by atoms with Gasteiger partial charge in [0.25, 0.3) is 0 Å². The highest BCUT2D eigenvalue weighted by Crippen LogP contribution is 2.38. The first-order chi connectivity index (χ1) is 9.93. The highest BCUT2D eigenvalue weighted by Gasteiger charge is 2.25. The van der Waals surface area contributed by atoms with Gasteiger partial charge in [-0.05, 0) is 29.7 Å². The van der Waals surface area contributed by atoms with Gasteiger partial charge in [-0.3, -0.25) is 0 Å². The van der Waals surface area contributed by atoms with Crippen LogP contribution in [0.1, 0.15) is 28.2 Å². The second-order valence-corrected chi connectivity index (χ2v) is 5.64. The molecular weight excluding hydrogens is 326 g/mol. The third-order valence-electron chi connectivity index (χ3n) is 4.47. The Bertz CT molecular complexity index is 641. The molecule has 2 heterocycles. The number of para-hydroxylation sites is 1. The van der Waals surface area contributed by atoms with Gasteiger partial charge in [-0.1, -0.05) is 42.5 Å². The minimum atomic E-state index is 0. The summed E-state index contributed by atoms with van der Waals surface area (Å²) in [4.78, 5) is 0. The monoisotopic (exact) mass is 345 g/mol. The molecule has 4 rings (SSSR count). The van der Waals surface area contributed by atoms with E-state index in [1.54, 1.807) is 0 Å². The average molecular weight is 346 g/mol. The predicted molar refractivity (Wildman–Crippen MR) is 90.8 cm³/mol. The van der Waals surface area contributed by atoms with Crippen molar-refractivity contribution in [3.63, 3.8) is 0 Å². The number of ether oxygens (including phenoxy) is 1. The quantitative estimate of drug-likeness (QED) is 0.854. The highest BCUT2D eigenvalue weighted by molar-refractivity contribution is 8.93. The Morgan fingerprint density at radius 2 is 1.71 bits per heavy atom. The van der Waals surface area contributed by atoms with Crippen molar-refractivity contribution in [2.75, 3.05) is 19.7 Å². The SMILES string of the molecule is Br.c1ccc2c(c1)CCNCC2c1cccc2c1OCC2. The molecule has 0 fully saturated rings. The second-order valence-electron chi connectivity index (χ2n) is 5.64. The fourth-order valence-corrected chi connectivity index (χ4v) is 3.47. The van der Waals surface area contributed by atoms with Gasteiger partial charge in [-0.15, -0.1) is 17.0 Å². The maximum absolute atomic E-state index is 5.91. The Hall–Kier alpha value is -1.32. The molecule has 0 spiro atoms. The van der Waals surface area contributed by atoms with E-state index in [1.807, 2.05) is 0 Å². The van der Waals surface area contributed by atoms with Gasteiger partial charge in [-0.25, -0.2) is 0 Å². The van der Waals surface area contributed by atoms with E-state index in [1.165, 1.54) is 22.3 Å². The smallest absolute Gasteiger partial charge is 0.126 e. The number of fused-ring (bicyclic) bond motifs is 2.